The van der Waals surface area contributed by atoms with Crippen molar-refractivity contribution in [2.75, 3.05) is 12.8 Å². The molecule has 110 valence electrons. The van der Waals surface area contributed by atoms with Gasteiger partial charge in [0.05, 0.1) is 12.8 Å². The minimum atomic E-state index is -0.718. The van der Waals surface area contributed by atoms with E-state index in [1.165, 1.54) is 11.7 Å². The number of carbonyl (C=O) groups is 1. The number of ether oxygens (including phenoxy) is 1. The molecule has 0 saturated heterocycles. The predicted molar refractivity (Wildman–Crippen MR) is 81.1 cm³/mol. The third-order valence-electron chi connectivity index (χ3n) is 3.39. The number of carbonyl (C=O) groups excluding carboxylic acids is 1. The van der Waals surface area contributed by atoms with Gasteiger partial charge in [0.2, 0.25) is 0 Å². The standard InChI is InChI=1S/C16H18N2O3/c1-11(16(20)21-2)18-13(8-9-14(17)15(18)19)10-12-6-4-3-5-7-12/h3-9,11H,10,17H2,1-2H3. The molecule has 0 spiro atoms. The van der Waals surface area contributed by atoms with Crippen molar-refractivity contribution >= 4 is 11.7 Å². The van der Waals surface area contributed by atoms with Crippen LogP contribution in [0.2, 0.25) is 0 Å². The molecule has 0 bridgehead atoms. The first-order valence-electron chi connectivity index (χ1n) is 6.66. The molecule has 2 aromatic rings. The highest BCUT2D eigenvalue weighted by molar-refractivity contribution is 5.73. The average Bonchev–Trinajstić information content (AvgIpc) is 2.51. The van der Waals surface area contributed by atoms with Crippen LogP contribution in [0.5, 0.6) is 0 Å². The van der Waals surface area contributed by atoms with Gasteiger partial charge in [0.15, 0.2) is 0 Å². The molecule has 0 fully saturated rings. The average molecular weight is 286 g/mol. The maximum atomic E-state index is 12.3. The summed E-state index contributed by atoms with van der Waals surface area (Å²) in [5.41, 5.74) is 7.19. The molecule has 5 heteroatoms. The van der Waals surface area contributed by atoms with Crippen LogP contribution in [-0.4, -0.2) is 17.6 Å². The van der Waals surface area contributed by atoms with Crippen LogP contribution >= 0.6 is 0 Å². The van der Waals surface area contributed by atoms with E-state index in [1.807, 2.05) is 30.3 Å². The van der Waals surface area contributed by atoms with E-state index in [9.17, 15) is 9.59 Å². The van der Waals surface area contributed by atoms with E-state index in [0.717, 1.165) is 11.3 Å². The summed E-state index contributed by atoms with van der Waals surface area (Å²) in [6.07, 6.45) is 0.539. The molecule has 1 aromatic carbocycles. The topological polar surface area (TPSA) is 74.3 Å². The lowest BCUT2D eigenvalue weighted by Crippen LogP contribution is -2.32. The van der Waals surface area contributed by atoms with Crippen LogP contribution in [0.4, 0.5) is 5.69 Å². The Bertz CT molecular complexity index is 692. The van der Waals surface area contributed by atoms with Crippen LogP contribution in [0.1, 0.15) is 24.2 Å². The Morgan fingerprint density at radius 1 is 1.24 bits per heavy atom. The molecule has 2 N–H and O–H groups in total. The van der Waals surface area contributed by atoms with E-state index in [2.05, 4.69) is 0 Å². The van der Waals surface area contributed by atoms with E-state index in [-0.39, 0.29) is 11.2 Å². The quantitative estimate of drug-likeness (QED) is 0.869. The first-order valence-corrected chi connectivity index (χ1v) is 6.66. The fourth-order valence-electron chi connectivity index (χ4n) is 2.26. The van der Waals surface area contributed by atoms with Crippen molar-refractivity contribution < 1.29 is 9.53 Å². The molecule has 0 aliphatic carbocycles. The van der Waals surface area contributed by atoms with Crippen molar-refractivity contribution in [1.82, 2.24) is 4.57 Å². The molecule has 1 unspecified atom stereocenters. The van der Waals surface area contributed by atoms with E-state index in [1.54, 1.807) is 19.1 Å². The van der Waals surface area contributed by atoms with Gasteiger partial charge in [-0.3, -0.25) is 9.36 Å². The van der Waals surface area contributed by atoms with E-state index < -0.39 is 12.0 Å². The van der Waals surface area contributed by atoms with Gasteiger partial charge in [0.1, 0.15) is 6.04 Å². The van der Waals surface area contributed by atoms with Crippen LogP contribution in [0, 0.1) is 0 Å². The van der Waals surface area contributed by atoms with Gasteiger partial charge in [-0.2, -0.15) is 0 Å². The minimum Gasteiger partial charge on any atom is -0.467 e. The summed E-state index contributed by atoms with van der Waals surface area (Å²) in [7, 11) is 1.30. The van der Waals surface area contributed by atoms with Crippen LogP contribution in [0.15, 0.2) is 47.3 Å². The number of aromatic nitrogens is 1. The lowest BCUT2D eigenvalue weighted by atomic mass is 10.1. The van der Waals surface area contributed by atoms with Crippen molar-refractivity contribution in [3.05, 3.63) is 64.1 Å². The number of nitrogen functional groups attached to an aromatic ring is 1. The second kappa shape index (κ2) is 6.26. The van der Waals surface area contributed by atoms with Crippen LogP contribution < -0.4 is 11.3 Å². The zero-order valence-electron chi connectivity index (χ0n) is 12.1. The van der Waals surface area contributed by atoms with Crippen LogP contribution in [-0.2, 0) is 16.0 Å². The normalized spacial score (nSPS) is 11.9. The Hall–Kier alpha value is -2.56. The molecule has 21 heavy (non-hydrogen) atoms. The highest BCUT2D eigenvalue weighted by Crippen LogP contribution is 2.15. The number of nitrogens with zero attached hydrogens (tertiary/aromatic N) is 1. The summed E-state index contributed by atoms with van der Waals surface area (Å²) in [6, 6.07) is 12.3. The molecule has 5 nitrogen and oxygen atoms in total. The zero-order chi connectivity index (χ0) is 15.4. The maximum absolute atomic E-state index is 12.3. The monoisotopic (exact) mass is 286 g/mol. The highest BCUT2D eigenvalue weighted by Gasteiger charge is 2.20. The van der Waals surface area contributed by atoms with Crippen molar-refractivity contribution in [3.63, 3.8) is 0 Å². The number of benzene rings is 1. The molecule has 0 aliphatic rings. The number of hydrogen-bond donors (Lipinski definition) is 1. The number of nitrogens with two attached hydrogens (primary N) is 1. The Morgan fingerprint density at radius 2 is 1.90 bits per heavy atom. The van der Waals surface area contributed by atoms with Gasteiger partial charge in [0, 0.05) is 12.1 Å². The molecular formula is C16H18N2O3. The number of pyridine rings is 1. The predicted octanol–water partition coefficient (Wildman–Crippen LogP) is 1.76. The van der Waals surface area contributed by atoms with E-state index in [4.69, 9.17) is 10.5 Å². The lowest BCUT2D eigenvalue weighted by molar-refractivity contribution is -0.144. The van der Waals surface area contributed by atoms with Gasteiger partial charge < -0.3 is 10.5 Å². The van der Waals surface area contributed by atoms with Gasteiger partial charge in [-0.1, -0.05) is 30.3 Å². The first-order chi connectivity index (χ1) is 10.0. The molecule has 0 radical (unpaired) electrons. The Labute approximate surface area is 123 Å². The van der Waals surface area contributed by atoms with Crippen molar-refractivity contribution in [1.29, 1.82) is 0 Å². The highest BCUT2D eigenvalue weighted by atomic mass is 16.5. The van der Waals surface area contributed by atoms with Gasteiger partial charge in [-0.05, 0) is 24.6 Å². The molecule has 1 atom stereocenters. The third kappa shape index (κ3) is 3.13. The molecule has 0 saturated carbocycles. The molecule has 2 rings (SSSR count). The van der Waals surface area contributed by atoms with Gasteiger partial charge in [-0.25, -0.2) is 4.79 Å². The Morgan fingerprint density at radius 3 is 2.52 bits per heavy atom. The lowest BCUT2D eigenvalue weighted by Gasteiger charge is -2.18. The van der Waals surface area contributed by atoms with Crippen LogP contribution in [0.25, 0.3) is 0 Å². The van der Waals surface area contributed by atoms with Crippen LogP contribution in [0.3, 0.4) is 0 Å². The minimum absolute atomic E-state index is 0.113. The number of rotatable bonds is 4. The van der Waals surface area contributed by atoms with Crippen molar-refractivity contribution in [2.24, 2.45) is 0 Å². The summed E-state index contributed by atoms with van der Waals surface area (Å²) in [4.78, 5) is 24.0. The smallest absolute Gasteiger partial charge is 0.328 e. The molecule has 1 aromatic heterocycles. The second-order valence-corrected chi connectivity index (χ2v) is 4.82. The summed E-state index contributed by atoms with van der Waals surface area (Å²) >= 11 is 0. The fraction of sp³-hybridized carbons (Fsp3) is 0.250. The first kappa shape index (κ1) is 14.8. The summed E-state index contributed by atoms with van der Waals surface area (Å²) in [5.74, 6) is -0.475. The SMILES string of the molecule is COC(=O)C(C)n1c(Cc2ccccc2)ccc(N)c1=O. The third-order valence-corrected chi connectivity index (χ3v) is 3.39. The van der Waals surface area contributed by atoms with Gasteiger partial charge in [-0.15, -0.1) is 0 Å². The van der Waals surface area contributed by atoms with Crippen molar-refractivity contribution in [3.8, 4) is 0 Å². The van der Waals surface area contributed by atoms with Gasteiger partial charge >= 0.3 is 5.97 Å². The molecule has 0 amide bonds. The summed E-state index contributed by atoms with van der Waals surface area (Å²) in [5, 5.41) is 0. The maximum Gasteiger partial charge on any atom is 0.328 e. The summed E-state index contributed by atoms with van der Waals surface area (Å²) < 4.78 is 6.12. The Kier molecular flexibility index (Phi) is 4.42. The van der Waals surface area contributed by atoms with E-state index in [0.29, 0.717) is 6.42 Å². The van der Waals surface area contributed by atoms with Crippen molar-refractivity contribution in [2.45, 2.75) is 19.4 Å². The Balaban J connectivity index is 2.49. The van der Waals surface area contributed by atoms with Gasteiger partial charge in [0.25, 0.3) is 5.56 Å². The number of esters is 1. The molecular weight excluding hydrogens is 268 g/mol. The number of hydrogen-bond acceptors (Lipinski definition) is 4. The summed E-state index contributed by atoms with van der Waals surface area (Å²) in [6.45, 7) is 1.63. The number of methoxy groups -OCH3 is 1. The van der Waals surface area contributed by atoms with E-state index >= 15 is 0 Å². The fourth-order valence-corrected chi connectivity index (χ4v) is 2.26. The molecule has 0 aliphatic heterocycles. The molecule has 1 heterocycles. The number of anilines is 1. The zero-order valence-corrected chi connectivity index (χ0v) is 12.1. The second-order valence-electron chi connectivity index (χ2n) is 4.82. The largest absolute Gasteiger partial charge is 0.467 e.